The molecule has 3 nitrogen and oxygen atoms in total. The summed E-state index contributed by atoms with van der Waals surface area (Å²) in [6, 6.07) is 0. The third-order valence-electron chi connectivity index (χ3n) is 2.12. The summed E-state index contributed by atoms with van der Waals surface area (Å²) in [6.07, 6.45) is 0.988. The van der Waals surface area contributed by atoms with Crippen LogP contribution in [-0.2, 0) is 17.0 Å². The molecule has 0 saturated heterocycles. The van der Waals surface area contributed by atoms with E-state index < -0.39 is 0 Å². The fourth-order valence-electron chi connectivity index (χ4n) is 1.17. The maximum Gasteiger partial charge on any atom is 0.0941 e. The van der Waals surface area contributed by atoms with Crippen LogP contribution in [0, 0.1) is 0 Å². The number of likely N-dealkylation sites (N-methyl/N-ethyl adjacent to an activating group) is 1. The first kappa shape index (κ1) is 12.9. The van der Waals surface area contributed by atoms with Crippen molar-refractivity contribution in [3.8, 4) is 0 Å². The highest BCUT2D eigenvalue weighted by molar-refractivity contribution is 7.09. The van der Waals surface area contributed by atoms with Crippen LogP contribution in [0.4, 0.5) is 0 Å². The van der Waals surface area contributed by atoms with Crippen LogP contribution in [0.2, 0.25) is 0 Å². The molecule has 1 aromatic rings. The molecule has 0 bridgehead atoms. The Balaban J connectivity index is 2.24. The van der Waals surface area contributed by atoms with Crippen molar-refractivity contribution < 1.29 is 4.74 Å². The number of aromatic nitrogens is 1. The molecule has 0 aliphatic carbocycles. The van der Waals surface area contributed by atoms with Gasteiger partial charge in [0.1, 0.15) is 0 Å². The smallest absolute Gasteiger partial charge is 0.0941 e. The minimum absolute atomic E-state index is 0.510. The number of rotatable bonds is 7. The molecular weight excluding hydrogens is 232 g/mol. The molecule has 0 unspecified atom stereocenters. The van der Waals surface area contributed by atoms with Crippen molar-refractivity contribution in [2.24, 2.45) is 0 Å². The minimum atomic E-state index is 0.510. The Morgan fingerprint density at radius 2 is 2.33 bits per heavy atom. The van der Waals surface area contributed by atoms with Gasteiger partial charge in [0.25, 0.3) is 0 Å². The Bertz CT molecular complexity index is 280. The van der Waals surface area contributed by atoms with Crippen LogP contribution in [0.15, 0.2) is 5.38 Å². The molecule has 0 N–H and O–H groups in total. The van der Waals surface area contributed by atoms with Crippen LogP contribution in [0.3, 0.4) is 0 Å². The maximum atomic E-state index is 5.69. The van der Waals surface area contributed by atoms with Crippen molar-refractivity contribution in [1.29, 1.82) is 0 Å². The maximum absolute atomic E-state index is 5.69. The van der Waals surface area contributed by atoms with E-state index in [2.05, 4.69) is 16.9 Å². The molecule has 0 radical (unpaired) electrons. The summed E-state index contributed by atoms with van der Waals surface area (Å²) >= 11 is 7.38. The highest BCUT2D eigenvalue weighted by Gasteiger charge is 2.03. The summed E-state index contributed by atoms with van der Waals surface area (Å²) in [5.41, 5.74) is 0.983. The van der Waals surface area contributed by atoms with Crippen molar-refractivity contribution in [3.05, 3.63) is 16.1 Å². The Labute approximate surface area is 100 Å². The number of methoxy groups -OCH3 is 1. The summed E-state index contributed by atoms with van der Waals surface area (Å²) in [6.45, 7) is 2.75. The number of alkyl halides is 1. The number of hydrogen-bond donors (Lipinski definition) is 0. The number of thiazole rings is 1. The predicted molar refractivity (Wildman–Crippen MR) is 64.7 cm³/mol. The van der Waals surface area contributed by atoms with Crippen molar-refractivity contribution in [3.63, 3.8) is 0 Å². The molecule has 1 heterocycles. The second-order valence-corrected chi connectivity index (χ2v) is 4.62. The van der Waals surface area contributed by atoms with E-state index in [1.807, 2.05) is 5.38 Å². The highest BCUT2D eigenvalue weighted by atomic mass is 35.5. The number of nitrogens with zero attached hydrogens (tertiary/aromatic N) is 2. The zero-order valence-electron chi connectivity index (χ0n) is 9.20. The summed E-state index contributed by atoms with van der Waals surface area (Å²) < 4.78 is 5.01. The molecular formula is C10H17ClN2OS. The van der Waals surface area contributed by atoms with Gasteiger partial charge in [-0.25, -0.2) is 4.98 Å². The lowest BCUT2D eigenvalue weighted by Gasteiger charge is -2.14. The second kappa shape index (κ2) is 7.17. The molecule has 15 heavy (non-hydrogen) atoms. The second-order valence-electron chi connectivity index (χ2n) is 3.41. The quantitative estimate of drug-likeness (QED) is 0.691. The first-order valence-electron chi connectivity index (χ1n) is 4.93. The van der Waals surface area contributed by atoms with E-state index in [9.17, 15) is 0 Å². The van der Waals surface area contributed by atoms with Gasteiger partial charge >= 0.3 is 0 Å². The molecule has 0 aromatic carbocycles. The average Bonchev–Trinajstić information content (AvgIpc) is 2.71. The molecule has 0 spiro atoms. The van der Waals surface area contributed by atoms with E-state index in [4.69, 9.17) is 16.3 Å². The van der Waals surface area contributed by atoms with Gasteiger partial charge in [-0.15, -0.1) is 22.9 Å². The van der Waals surface area contributed by atoms with E-state index in [1.54, 1.807) is 18.4 Å². The van der Waals surface area contributed by atoms with E-state index in [0.29, 0.717) is 5.88 Å². The molecule has 0 fully saturated rings. The lowest BCUT2D eigenvalue weighted by molar-refractivity contribution is 0.162. The predicted octanol–water partition coefficient (Wildman–Crippen LogP) is 2.00. The standard InChI is InChI=1S/C10H17ClN2OS/c1-13(5-6-14-2)4-3-10-12-9(7-11)8-15-10/h8H,3-7H2,1-2H3. The molecule has 86 valence electrons. The van der Waals surface area contributed by atoms with E-state index in [1.165, 1.54) is 0 Å². The van der Waals surface area contributed by atoms with Gasteiger partial charge in [0, 0.05) is 32.0 Å². The lowest BCUT2D eigenvalue weighted by atomic mass is 10.4. The van der Waals surface area contributed by atoms with Crippen LogP contribution in [0.1, 0.15) is 10.7 Å². The van der Waals surface area contributed by atoms with Crippen LogP contribution in [0.25, 0.3) is 0 Å². The molecule has 0 amide bonds. The first-order chi connectivity index (χ1) is 7.26. The molecule has 1 aromatic heterocycles. The van der Waals surface area contributed by atoms with Gasteiger partial charge in [-0.2, -0.15) is 0 Å². The largest absolute Gasteiger partial charge is 0.383 e. The first-order valence-corrected chi connectivity index (χ1v) is 6.34. The van der Waals surface area contributed by atoms with Crippen molar-refractivity contribution >= 4 is 22.9 Å². The van der Waals surface area contributed by atoms with Gasteiger partial charge in [-0.3, -0.25) is 0 Å². The van der Waals surface area contributed by atoms with Crippen molar-refractivity contribution in [2.75, 3.05) is 33.9 Å². The molecule has 0 aliphatic rings. The lowest BCUT2D eigenvalue weighted by Crippen LogP contribution is -2.25. The third-order valence-corrected chi connectivity index (χ3v) is 3.35. The molecule has 0 aliphatic heterocycles. The van der Waals surface area contributed by atoms with Gasteiger partial charge in [0.15, 0.2) is 0 Å². The zero-order valence-corrected chi connectivity index (χ0v) is 10.8. The fourth-order valence-corrected chi connectivity index (χ4v) is 2.19. The SMILES string of the molecule is COCCN(C)CCc1nc(CCl)cs1. The van der Waals surface area contributed by atoms with Crippen molar-refractivity contribution in [1.82, 2.24) is 9.88 Å². The van der Waals surface area contributed by atoms with E-state index in [0.717, 1.165) is 36.8 Å². The summed E-state index contributed by atoms with van der Waals surface area (Å²) in [5.74, 6) is 0.510. The van der Waals surface area contributed by atoms with Crippen LogP contribution in [0.5, 0.6) is 0 Å². The minimum Gasteiger partial charge on any atom is -0.383 e. The fraction of sp³-hybridized carbons (Fsp3) is 0.700. The van der Waals surface area contributed by atoms with Gasteiger partial charge in [-0.05, 0) is 7.05 Å². The summed E-state index contributed by atoms with van der Waals surface area (Å²) in [7, 11) is 3.82. The van der Waals surface area contributed by atoms with Crippen LogP contribution < -0.4 is 0 Å². The Hall–Kier alpha value is -0.160. The van der Waals surface area contributed by atoms with Crippen LogP contribution >= 0.6 is 22.9 Å². The average molecular weight is 249 g/mol. The Kier molecular flexibility index (Phi) is 6.17. The highest BCUT2D eigenvalue weighted by Crippen LogP contribution is 2.12. The van der Waals surface area contributed by atoms with Gasteiger partial charge in [0.2, 0.25) is 0 Å². The topological polar surface area (TPSA) is 25.4 Å². The van der Waals surface area contributed by atoms with Crippen molar-refractivity contribution in [2.45, 2.75) is 12.3 Å². The monoisotopic (exact) mass is 248 g/mol. The normalized spacial score (nSPS) is 11.2. The molecule has 5 heteroatoms. The Morgan fingerprint density at radius 3 is 2.93 bits per heavy atom. The molecule has 0 atom stereocenters. The third kappa shape index (κ3) is 4.93. The van der Waals surface area contributed by atoms with Gasteiger partial charge < -0.3 is 9.64 Å². The molecule has 1 rings (SSSR count). The Morgan fingerprint density at radius 1 is 1.53 bits per heavy atom. The van der Waals surface area contributed by atoms with Gasteiger partial charge in [-0.1, -0.05) is 0 Å². The van der Waals surface area contributed by atoms with Crippen LogP contribution in [-0.4, -0.2) is 43.7 Å². The summed E-state index contributed by atoms with van der Waals surface area (Å²) in [4.78, 5) is 6.65. The van der Waals surface area contributed by atoms with E-state index >= 15 is 0 Å². The zero-order chi connectivity index (χ0) is 11.1. The van der Waals surface area contributed by atoms with E-state index in [-0.39, 0.29) is 0 Å². The van der Waals surface area contributed by atoms with Gasteiger partial charge in [0.05, 0.1) is 23.2 Å². The number of halogens is 1. The number of ether oxygens (including phenoxy) is 1. The summed E-state index contributed by atoms with van der Waals surface area (Å²) in [5, 5.41) is 3.19. The number of hydrogen-bond acceptors (Lipinski definition) is 4. The molecule has 0 saturated carbocycles.